The van der Waals surface area contributed by atoms with Crippen molar-refractivity contribution in [2.24, 2.45) is 0 Å². The van der Waals surface area contributed by atoms with Crippen LogP contribution in [0, 0.1) is 11.3 Å². The summed E-state index contributed by atoms with van der Waals surface area (Å²) in [6.07, 6.45) is 0.713. The van der Waals surface area contributed by atoms with Crippen molar-refractivity contribution >= 4 is 17.4 Å². The lowest BCUT2D eigenvalue weighted by Gasteiger charge is -2.20. The standard InChI is InChI=1S/C20H18N2O3/c21-12-16-3-1-2-4-17(16)13-22-10-9-14-11-15(5-6-18(14)22)19(23)7-8-20(24)25/h1-6,11H,7-10,13H2,(H,24,25). The first-order chi connectivity index (χ1) is 12.1. The molecule has 1 aliphatic rings. The average molecular weight is 334 g/mol. The third kappa shape index (κ3) is 3.69. The first-order valence-corrected chi connectivity index (χ1v) is 8.19. The highest BCUT2D eigenvalue weighted by molar-refractivity contribution is 5.98. The number of carbonyl (C=O) groups excluding carboxylic acids is 1. The molecule has 0 bridgehead atoms. The number of carboxylic acids is 1. The number of benzene rings is 2. The fraction of sp³-hybridized carbons (Fsp3) is 0.250. The SMILES string of the molecule is N#Cc1ccccc1CN1CCc2cc(C(=O)CCC(=O)O)ccc21. The Hall–Kier alpha value is -3.13. The van der Waals surface area contributed by atoms with Gasteiger partial charge in [0, 0.05) is 30.8 Å². The molecule has 25 heavy (non-hydrogen) atoms. The third-order valence-corrected chi connectivity index (χ3v) is 4.46. The Bertz CT molecular complexity index is 867. The second-order valence-electron chi connectivity index (χ2n) is 6.10. The minimum Gasteiger partial charge on any atom is -0.481 e. The van der Waals surface area contributed by atoms with Crippen LogP contribution in [-0.2, 0) is 17.8 Å². The number of nitrogens with zero attached hydrogens (tertiary/aromatic N) is 2. The van der Waals surface area contributed by atoms with Crippen molar-refractivity contribution in [3.8, 4) is 6.07 Å². The maximum absolute atomic E-state index is 12.1. The number of hydrogen-bond acceptors (Lipinski definition) is 4. The number of Topliss-reactive ketones (excluding diaryl/α,β-unsaturated/α-hetero) is 1. The number of hydrogen-bond donors (Lipinski definition) is 1. The molecule has 0 unspecified atom stereocenters. The van der Waals surface area contributed by atoms with Crippen molar-refractivity contribution in [2.75, 3.05) is 11.4 Å². The van der Waals surface area contributed by atoms with E-state index in [1.54, 1.807) is 6.07 Å². The number of carbonyl (C=O) groups is 2. The van der Waals surface area contributed by atoms with Gasteiger partial charge in [-0.2, -0.15) is 5.26 Å². The third-order valence-electron chi connectivity index (χ3n) is 4.46. The molecule has 0 fully saturated rings. The molecule has 0 aliphatic carbocycles. The lowest BCUT2D eigenvalue weighted by molar-refractivity contribution is -0.136. The zero-order valence-corrected chi connectivity index (χ0v) is 13.7. The van der Waals surface area contributed by atoms with Crippen LogP contribution in [0.2, 0.25) is 0 Å². The van der Waals surface area contributed by atoms with Gasteiger partial charge < -0.3 is 10.0 Å². The summed E-state index contributed by atoms with van der Waals surface area (Å²) in [6, 6.07) is 15.3. The normalized spacial score (nSPS) is 12.5. The van der Waals surface area contributed by atoms with Crippen LogP contribution in [0.5, 0.6) is 0 Å². The summed E-state index contributed by atoms with van der Waals surface area (Å²) in [5.41, 5.74) is 4.40. The maximum atomic E-state index is 12.1. The molecule has 126 valence electrons. The number of anilines is 1. The zero-order valence-electron chi connectivity index (χ0n) is 13.7. The van der Waals surface area contributed by atoms with E-state index in [0.717, 1.165) is 29.8 Å². The lowest BCUT2D eigenvalue weighted by atomic mass is 10.0. The Morgan fingerprint density at radius 2 is 1.96 bits per heavy atom. The molecule has 2 aromatic carbocycles. The van der Waals surface area contributed by atoms with E-state index < -0.39 is 5.97 Å². The fourth-order valence-electron chi connectivity index (χ4n) is 3.15. The van der Waals surface area contributed by atoms with Crippen molar-refractivity contribution in [1.82, 2.24) is 0 Å². The Morgan fingerprint density at radius 3 is 2.72 bits per heavy atom. The highest BCUT2D eigenvalue weighted by atomic mass is 16.4. The van der Waals surface area contributed by atoms with Crippen LogP contribution in [0.4, 0.5) is 5.69 Å². The van der Waals surface area contributed by atoms with Gasteiger partial charge in [-0.15, -0.1) is 0 Å². The molecule has 0 saturated carbocycles. The van der Waals surface area contributed by atoms with Gasteiger partial charge in [-0.3, -0.25) is 9.59 Å². The van der Waals surface area contributed by atoms with Crippen molar-refractivity contribution in [3.63, 3.8) is 0 Å². The Kier molecular flexibility index (Phi) is 4.80. The van der Waals surface area contributed by atoms with Gasteiger partial charge in [-0.05, 0) is 41.8 Å². The van der Waals surface area contributed by atoms with Crippen LogP contribution in [0.25, 0.3) is 0 Å². The zero-order chi connectivity index (χ0) is 17.8. The molecule has 5 nitrogen and oxygen atoms in total. The molecule has 0 amide bonds. The lowest BCUT2D eigenvalue weighted by Crippen LogP contribution is -2.20. The predicted octanol–water partition coefficient (Wildman–Crippen LogP) is 3.17. The van der Waals surface area contributed by atoms with E-state index in [-0.39, 0.29) is 18.6 Å². The molecule has 0 radical (unpaired) electrons. The second kappa shape index (κ2) is 7.18. The number of ketones is 1. The van der Waals surface area contributed by atoms with E-state index in [1.807, 2.05) is 36.4 Å². The number of aliphatic carboxylic acids is 1. The summed E-state index contributed by atoms with van der Waals surface area (Å²) in [7, 11) is 0. The van der Waals surface area contributed by atoms with E-state index >= 15 is 0 Å². The van der Waals surface area contributed by atoms with Gasteiger partial charge in [-0.25, -0.2) is 0 Å². The van der Waals surface area contributed by atoms with Crippen molar-refractivity contribution in [1.29, 1.82) is 5.26 Å². The second-order valence-corrected chi connectivity index (χ2v) is 6.10. The van der Waals surface area contributed by atoms with Crippen molar-refractivity contribution < 1.29 is 14.7 Å². The Labute approximate surface area is 146 Å². The molecule has 1 heterocycles. The van der Waals surface area contributed by atoms with Crippen LogP contribution in [0.15, 0.2) is 42.5 Å². The highest BCUT2D eigenvalue weighted by Crippen LogP contribution is 2.31. The number of nitriles is 1. The molecule has 5 heteroatoms. The van der Waals surface area contributed by atoms with E-state index in [2.05, 4.69) is 11.0 Å². The highest BCUT2D eigenvalue weighted by Gasteiger charge is 2.21. The van der Waals surface area contributed by atoms with E-state index in [0.29, 0.717) is 17.7 Å². The van der Waals surface area contributed by atoms with Crippen LogP contribution in [0.3, 0.4) is 0 Å². The molecular weight excluding hydrogens is 316 g/mol. The van der Waals surface area contributed by atoms with E-state index in [1.165, 1.54) is 0 Å². The minimum absolute atomic E-state index is 0.0212. The van der Waals surface area contributed by atoms with Gasteiger partial charge >= 0.3 is 5.97 Å². The summed E-state index contributed by atoms with van der Waals surface area (Å²) in [4.78, 5) is 24.9. The van der Waals surface area contributed by atoms with Crippen LogP contribution in [0.1, 0.15) is 39.9 Å². The fourth-order valence-corrected chi connectivity index (χ4v) is 3.15. The molecule has 3 rings (SSSR count). The average Bonchev–Trinajstić information content (AvgIpc) is 3.02. The first-order valence-electron chi connectivity index (χ1n) is 8.19. The topological polar surface area (TPSA) is 81.4 Å². The molecule has 0 aromatic heterocycles. The Balaban J connectivity index is 1.76. The molecule has 0 atom stereocenters. The summed E-state index contributed by atoms with van der Waals surface area (Å²) in [5, 5.41) is 17.9. The van der Waals surface area contributed by atoms with Gasteiger partial charge in [0.05, 0.1) is 18.1 Å². The molecule has 1 N–H and O–H groups in total. The number of rotatable bonds is 6. The summed E-state index contributed by atoms with van der Waals surface area (Å²) in [5.74, 6) is -1.10. The predicted molar refractivity (Wildman–Crippen MR) is 93.6 cm³/mol. The molecule has 2 aromatic rings. The minimum atomic E-state index is -0.961. The van der Waals surface area contributed by atoms with Crippen molar-refractivity contribution in [3.05, 3.63) is 64.7 Å². The van der Waals surface area contributed by atoms with Gasteiger partial charge in [0.2, 0.25) is 0 Å². The molecule has 0 saturated heterocycles. The summed E-state index contributed by atoms with van der Waals surface area (Å²) < 4.78 is 0. The smallest absolute Gasteiger partial charge is 0.303 e. The monoisotopic (exact) mass is 334 g/mol. The van der Waals surface area contributed by atoms with Gasteiger partial charge in [0.1, 0.15) is 0 Å². The van der Waals surface area contributed by atoms with Crippen LogP contribution in [-0.4, -0.2) is 23.4 Å². The van der Waals surface area contributed by atoms with Gasteiger partial charge in [0.15, 0.2) is 5.78 Å². The summed E-state index contributed by atoms with van der Waals surface area (Å²) >= 11 is 0. The van der Waals surface area contributed by atoms with E-state index in [9.17, 15) is 14.9 Å². The summed E-state index contributed by atoms with van der Waals surface area (Å²) in [6.45, 7) is 1.49. The molecule has 0 spiro atoms. The van der Waals surface area contributed by atoms with Crippen molar-refractivity contribution in [2.45, 2.75) is 25.8 Å². The molecule has 1 aliphatic heterocycles. The number of fused-ring (bicyclic) bond motifs is 1. The largest absolute Gasteiger partial charge is 0.481 e. The Morgan fingerprint density at radius 1 is 1.16 bits per heavy atom. The first kappa shape index (κ1) is 16.7. The van der Waals surface area contributed by atoms with E-state index in [4.69, 9.17) is 5.11 Å². The van der Waals surface area contributed by atoms with Crippen LogP contribution >= 0.6 is 0 Å². The molecular formula is C20H18N2O3. The maximum Gasteiger partial charge on any atom is 0.303 e. The van der Waals surface area contributed by atoms with Gasteiger partial charge in [0.25, 0.3) is 0 Å². The van der Waals surface area contributed by atoms with Gasteiger partial charge in [-0.1, -0.05) is 18.2 Å². The number of carboxylic acid groups (broad SMARTS) is 1. The van der Waals surface area contributed by atoms with Crippen LogP contribution < -0.4 is 4.90 Å². The quantitative estimate of drug-likeness (QED) is 0.821.